The molecule has 0 aliphatic heterocycles. The molecule has 0 amide bonds. The number of hydrogen-bond donors (Lipinski definition) is 0. The van der Waals surface area contributed by atoms with Crippen molar-refractivity contribution in [3.8, 4) is 0 Å². The van der Waals surface area contributed by atoms with Gasteiger partial charge in [-0.05, 0) is 6.42 Å². The van der Waals surface area contributed by atoms with Crippen molar-refractivity contribution in [1.82, 2.24) is 0 Å². The third-order valence-electron chi connectivity index (χ3n) is 0.848. The summed E-state index contributed by atoms with van der Waals surface area (Å²) < 4.78 is 0. The molecule has 38 valence electrons. The summed E-state index contributed by atoms with van der Waals surface area (Å²) in [4.78, 5) is 0. The molecule has 0 unspecified atom stereocenters. The van der Waals surface area contributed by atoms with Crippen LogP contribution < -0.4 is 0 Å². The summed E-state index contributed by atoms with van der Waals surface area (Å²) in [6.45, 7) is 3.74. The van der Waals surface area contributed by atoms with E-state index in [-0.39, 0.29) is 30.5 Å². The van der Waals surface area contributed by atoms with Crippen LogP contribution in [0.1, 0.15) is 10.7 Å². The topological polar surface area (TPSA) is 0 Å². The van der Waals surface area contributed by atoms with Crippen LogP contribution in [0, 0.1) is 6.92 Å². The molecule has 0 fully saturated rings. The summed E-state index contributed by atoms with van der Waals surface area (Å²) in [5.74, 6) is 0. The molecule has 0 aromatic heterocycles. The summed E-state index contributed by atoms with van der Waals surface area (Å²) in [5.41, 5.74) is 1.22. The van der Waals surface area contributed by atoms with Crippen LogP contribution in [-0.2, 0) is 26.2 Å². The van der Waals surface area contributed by atoms with Crippen molar-refractivity contribution in [3.05, 3.63) is 30.7 Å². The van der Waals surface area contributed by atoms with E-state index in [1.165, 1.54) is 5.57 Å². The second-order valence-corrected chi connectivity index (χ2v) is 1.46. The quantitative estimate of drug-likeness (QED) is 0.492. The third kappa shape index (κ3) is 2.13. The summed E-state index contributed by atoms with van der Waals surface area (Å²) in [6.07, 6.45) is 7.21. The first kappa shape index (κ1) is 7.23. The fourth-order valence-electron chi connectivity index (χ4n) is 0.492. The first-order valence-electron chi connectivity index (χ1n) is 2.07. The minimum atomic E-state index is 0. The van der Waals surface area contributed by atoms with E-state index in [0.717, 1.165) is 6.42 Å². The second-order valence-electron chi connectivity index (χ2n) is 1.46. The molecule has 0 radical (unpaired) electrons. The van der Waals surface area contributed by atoms with E-state index >= 15 is 0 Å². The van der Waals surface area contributed by atoms with Gasteiger partial charge in [0.05, 0.1) is 0 Å². The van der Waals surface area contributed by atoms with E-state index in [1.807, 2.05) is 12.2 Å². The first-order valence-corrected chi connectivity index (χ1v) is 2.07. The van der Waals surface area contributed by atoms with E-state index in [0.29, 0.717) is 0 Å². The summed E-state index contributed by atoms with van der Waals surface area (Å²) in [5, 5.41) is 0. The normalized spacial score (nSPS) is 15.7. The number of allylic oxidation sites excluding steroid dienone is 4. The van der Waals surface area contributed by atoms with E-state index in [9.17, 15) is 0 Å². The predicted octanol–water partition coefficient (Wildman–Crippen LogP) is 2.04. The van der Waals surface area contributed by atoms with Crippen molar-refractivity contribution in [2.75, 3.05) is 0 Å². The van der Waals surface area contributed by atoms with E-state index in [2.05, 4.69) is 13.0 Å². The van der Waals surface area contributed by atoms with E-state index in [4.69, 9.17) is 0 Å². The van der Waals surface area contributed by atoms with E-state index in [1.54, 1.807) is 0 Å². The molecule has 0 aromatic rings. The van der Waals surface area contributed by atoms with Crippen LogP contribution in [0.25, 0.3) is 0 Å². The Labute approximate surface area is 67.9 Å². The molecule has 0 bridgehead atoms. The van der Waals surface area contributed by atoms with Gasteiger partial charge in [-0.2, -0.15) is 0 Å². The van der Waals surface area contributed by atoms with Gasteiger partial charge >= 0.3 is 26.2 Å². The van der Waals surface area contributed by atoms with Gasteiger partial charge in [-0.1, -0.05) is 0 Å². The van der Waals surface area contributed by atoms with Crippen LogP contribution in [0.2, 0.25) is 0 Å². The van der Waals surface area contributed by atoms with Gasteiger partial charge in [0.25, 0.3) is 0 Å². The molecule has 0 spiro atoms. The van der Waals surface area contributed by atoms with Crippen molar-refractivity contribution in [3.63, 3.8) is 0 Å². The Kier molecular flexibility index (Phi) is 3.37. The fourth-order valence-corrected chi connectivity index (χ4v) is 0.492. The Hall–Kier alpha value is 0.233. The predicted molar refractivity (Wildman–Crippen MR) is 30.5 cm³/mol. The van der Waals surface area contributed by atoms with Crippen molar-refractivity contribution >= 4 is 0 Å². The Morgan fingerprint density at radius 2 is 2.43 bits per heavy atom. The van der Waals surface area contributed by atoms with Gasteiger partial charge < -0.3 is 4.28 Å². The van der Waals surface area contributed by atoms with Crippen LogP contribution in [0.3, 0.4) is 0 Å². The fraction of sp³-hybridized carbons (Fsp3) is 0.167. The summed E-state index contributed by atoms with van der Waals surface area (Å²) in [6, 6.07) is 0. The smallest absolute Gasteiger partial charge is 1.00 e. The molecule has 1 heteroatoms. The van der Waals surface area contributed by atoms with E-state index < -0.39 is 0 Å². The van der Waals surface area contributed by atoms with Crippen LogP contribution in [-0.4, -0.2) is 0 Å². The minimum absolute atomic E-state index is 0. The number of rotatable bonds is 0. The Morgan fingerprint density at radius 3 is 2.57 bits per heavy atom. The zero-order valence-electron chi connectivity index (χ0n) is 7.15. The SMILES string of the molecule is [CH2-]C1=CC=CC1.[H-].[H-].[H-].[Zr+4]. The molecule has 0 saturated carbocycles. The molecule has 0 nitrogen and oxygen atoms in total. The summed E-state index contributed by atoms with van der Waals surface area (Å²) in [7, 11) is 0. The van der Waals surface area contributed by atoms with Crippen LogP contribution in [0.5, 0.6) is 0 Å². The van der Waals surface area contributed by atoms with Crippen LogP contribution >= 0.6 is 0 Å². The summed E-state index contributed by atoms with van der Waals surface area (Å²) >= 11 is 0. The average Bonchev–Trinajstić information content (AvgIpc) is 1.86. The molecule has 1 aliphatic rings. The molecule has 1 rings (SSSR count). The maximum atomic E-state index is 3.74. The van der Waals surface area contributed by atoms with Gasteiger partial charge in [0.2, 0.25) is 0 Å². The Balaban J connectivity index is -0.0000000450. The molecule has 7 heavy (non-hydrogen) atoms. The minimum Gasteiger partial charge on any atom is -1.00 e. The van der Waals surface area contributed by atoms with Gasteiger partial charge in [-0.25, -0.2) is 18.6 Å². The number of hydrogen-bond acceptors (Lipinski definition) is 0. The van der Waals surface area contributed by atoms with Gasteiger partial charge in [0.15, 0.2) is 0 Å². The van der Waals surface area contributed by atoms with Crippen molar-refractivity contribution in [1.29, 1.82) is 0 Å². The Bertz CT molecular complexity index is 110. The Morgan fingerprint density at radius 1 is 1.71 bits per heavy atom. The van der Waals surface area contributed by atoms with Crippen LogP contribution in [0.15, 0.2) is 23.8 Å². The largest absolute Gasteiger partial charge is 4.00 e. The van der Waals surface area contributed by atoms with Crippen molar-refractivity contribution < 1.29 is 30.5 Å². The molecular formula is C6H10Zr. The zero-order chi connectivity index (χ0) is 4.41. The molecule has 0 saturated heterocycles. The molecule has 0 heterocycles. The second kappa shape index (κ2) is 3.26. The molecule has 0 atom stereocenters. The molecular weight excluding hydrogens is 163 g/mol. The zero-order valence-corrected chi connectivity index (χ0v) is 6.60. The standard InChI is InChI=1S/C6H7.Zr.3H/c1-6-4-2-3-5-6;;;;/h2-4H,1,5H2;;;;/q-1;+4;3*-1. The van der Waals surface area contributed by atoms with Crippen LogP contribution in [0.4, 0.5) is 0 Å². The van der Waals surface area contributed by atoms with Crippen molar-refractivity contribution in [2.24, 2.45) is 0 Å². The molecule has 1 aliphatic carbocycles. The molecule has 0 aromatic carbocycles. The maximum Gasteiger partial charge on any atom is 4.00 e. The monoisotopic (exact) mass is 172 g/mol. The van der Waals surface area contributed by atoms with Gasteiger partial charge in [-0.3, -0.25) is 0 Å². The average molecular weight is 173 g/mol. The maximum absolute atomic E-state index is 3.74. The van der Waals surface area contributed by atoms with Gasteiger partial charge in [0, 0.05) is 0 Å². The third-order valence-corrected chi connectivity index (χ3v) is 0.848. The van der Waals surface area contributed by atoms with Gasteiger partial charge in [-0.15, -0.1) is 12.2 Å². The van der Waals surface area contributed by atoms with Gasteiger partial charge in [0.1, 0.15) is 0 Å². The molecule has 0 N–H and O–H groups in total. The van der Waals surface area contributed by atoms with Crippen molar-refractivity contribution in [2.45, 2.75) is 6.42 Å². The first-order chi connectivity index (χ1) is 2.89.